The molecule has 0 amide bonds. The fourth-order valence-electron chi connectivity index (χ4n) is 1.88. The highest BCUT2D eigenvalue weighted by Crippen LogP contribution is 2.02. The lowest BCUT2D eigenvalue weighted by Gasteiger charge is -1.98. The molecular formula is C12H11N5O3. The standard InChI is InChI=1S/C12H11N5O3/c1-16-9-8(10(18)17(2)12(16)19)14-11(15-9)13-6-7-4-3-5-20-7/h3-5H,6H2,1-2H3. The van der Waals surface area contributed by atoms with Gasteiger partial charge in [0.15, 0.2) is 10.8 Å². The number of furan rings is 1. The second-order valence-corrected chi connectivity index (χ2v) is 4.30. The maximum atomic E-state index is 11.9. The summed E-state index contributed by atoms with van der Waals surface area (Å²) in [7, 11) is 2.94. The minimum absolute atomic E-state index is 0.132. The summed E-state index contributed by atoms with van der Waals surface area (Å²) in [6, 6.07) is 3.54. The molecule has 0 atom stereocenters. The average Bonchev–Trinajstić information content (AvgIpc) is 3.09. The molecule has 0 N–H and O–H groups in total. The van der Waals surface area contributed by atoms with Crippen LogP contribution in [0.4, 0.5) is 0 Å². The minimum atomic E-state index is -0.477. The van der Waals surface area contributed by atoms with Gasteiger partial charge in [0.05, 0.1) is 6.26 Å². The Morgan fingerprint density at radius 2 is 2.05 bits per heavy atom. The van der Waals surface area contributed by atoms with Gasteiger partial charge in [-0.05, 0) is 12.1 Å². The first-order valence-electron chi connectivity index (χ1n) is 5.88. The van der Waals surface area contributed by atoms with Crippen molar-refractivity contribution in [2.75, 3.05) is 0 Å². The van der Waals surface area contributed by atoms with E-state index in [0.29, 0.717) is 5.76 Å². The molecule has 3 heterocycles. The fourth-order valence-corrected chi connectivity index (χ4v) is 1.88. The van der Waals surface area contributed by atoms with Crippen LogP contribution in [0, 0.1) is 0 Å². The van der Waals surface area contributed by atoms with E-state index in [1.165, 1.54) is 18.7 Å². The lowest BCUT2D eigenvalue weighted by atomic mass is 10.5. The van der Waals surface area contributed by atoms with Crippen molar-refractivity contribution in [3.63, 3.8) is 0 Å². The van der Waals surface area contributed by atoms with Crippen LogP contribution in [-0.2, 0) is 20.6 Å². The first-order valence-corrected chi connectivity index (χ1v) is 5.88. The third-order valence-electron chi connectivity index (χ3n) is 2.98. The molecule has 20 heavy (non-hydrogen) atoms. The first-order chi connectivity index (χ1) is 9.58. The van der Waals surface area contributed by atoms with Gasteiger partial charge in [-0.1, -0.05) is 0 Å². The van der Waals surface area contributed by atoms with Crippen LogP contribution in [0.15, 0.2) is 47.4 Å². The quantitative estimate of drug-likeness (QED) is 0.665. The normalized spacial score (nSPS) is 15.0. The lowest BCUT2D eigenvalue weighted by molar-refractivity contribution is 0.512. The van der Waals surface area contributed by atoms with Crippen molar-refractivity contribution in [1.82, 2.24) is 9.13 Å². The Morgan fingerprint density at radius 1 is 1.25 bits per heavy atom. The van der Waals surface area contributed by atoms with E-state index in [1.54, 1.807) is 18.4 Å². The van der Waals surface area contributed by atoms with Gasteiger partial charge in [0.25, 0.3) is 5.56 Å². The van der Waals surface area contributed by atoms with Gasteiger partial charge in [0.2, 0.25) is 5.96 Å². The summed E-state index contributed by atoms with van der Waals surface area (Å²) in [4.78, 5) is 36.0. The third-order valence-corrected chi connectivity index (χ3v) is 2.98. The highest BCUT2D eigenvalue weighted by Gasteiger charge is 2.13. The predicted molar refractivity (Wildman–Crippen MR) is 69.1 cm³/mol. The molecule has 3 rings (SSSR count). The zero-order valence-electron chi connectivity index (χ0n) is 10.9. The van der Waals surface area contributed by atoms with Crippen LogP contribution in [0.2, 0.25) is 0 Å². The number of nitrogens with zero attached hydrogens (tertiary/aromatic N) is 5. The van der Waals surface area contributed by atoms with E-state index < -0.39 is 11.2 Å². The molecule has 0 spiro atoms. The topological polar surface area (TPSA) is 94.2 Å². The summed E-state index contributed by atoms with van der Waals surface area (Å²) < 4.78 is 7.41. The third kappa shape index (κ3) is 1.81. The molecule has 0 saturated carbocycles. The molecule has 8 heteroatoms. The predicted octanol–water partition coefficient (Wildman–Crippen LogP) is -1.51. The van der Waals surface area contributed by atoms with E-state index in [2.05, 4.69) is 15.0 Å². The molecule has 0 fully saturated rings. The molecule has 0 bridgehead atoms. The Labute approximate surface area is 112 Å². The van der Waals surface area contributed by atoms with Gasteiger partial charge in [-0.2, -0.15) is 4.99 Å². The summed E-state index contributed by atoms with van der Waals surface area (Å²) in [5, 5.41) is 0.132. The van der Waals surface area contributed by atoms with E-state index >= 15 is 0 Å². The van der Waals surface area contributed by atoms with E-state index in [0.717, 1.165) is 4.57 Å². The number of rotatable bonds is 2. The summed E-state index contributed by atoms with van der Waals surface area (Å²) in [5.74, 6) is 0.829. The van der Waals surface area contributed by atoms with Crippen LogP contribution in [0.5, 0.6) is 0 Å². The summed E-state index contributed by atoms with van der Waals surface area (Å²) in [6.45, 7) is 0.275. The number of hydrogen-bond acceptors (Lipinski definition) is 4. The Morgan fingerprint density at radius 3 is 2.75 bits per heavy atom. The van der Waals surface area contributed by atoms with Crippen LogP contribution in [0.3, 0.4) is 0 Å². The van der Waals surface area contributed by atoms with E-state index in [-0.39, 0.29) is 23.3 Å². The van der Waals surface area contributed by atoms with Gasteiger partial charge >= 0.3 is 5.69 Å². The Bertz CT molecular complexity index is 931. The monoisotopic (exact) mass is 273 g/mol. The van der Waals surface area contributed by atoms with E-state index in [9.17, 15) is 9.59 Å². The van der Waals surface area contributed by atoms with Crippen molar-refractivity contribution in [2.45, 2.75) is 6.54 Å². The lowest BCUT2D eigenvalue weighted by Crippen LogP contribution is -2.55. The van der Waals surface area contributed by atoms with Crippen LogP contribution >= 0.6 is 0 Å². The fraction of sp³-hybridized carbons (Fsp3) is 0.250. The highest BCUT2D eigenvalue weighted by atomic mass is 16.3. The number of aliphatic imine (C=N–C) groups is 1. The van der Waals surface area contributed by atoms with Crippen molar-refractivity contribution in [3.05, 3.63) is 55.8 Å². The van der Waals surface area contributed by atoms with Crippen LogP contribution in [-0.4, -0.2) is 15.1 Å². The molecule has 0 aliphatic carbocycles. The Balaban J connectivity index is 2.13. The molecule has 1 aliphatic heterocycles. The molecule has 102 valence electrons. The van der Waals surface area contributed by atoms with Gasteiger partial charge in [-0.3, -0.25) is 13.9 Å². The zero-order valence-corrected chi connectivity index (χ0v) is 10.9. The number of fused-ring (bicyclic) bond motifs is 1. The number of hydrogen-bond donors (Lipinski definition) is 0. The molecule has 0 aromatic carbocycles. The maximum Gasteiger partial charge on any atom is 0.332 e. The van der Waals surface area contributed by atoms with Gasteiger partial charge in [0.1, 0.15) is 12.3 Å². The molecule has 0 saturated heterocycles. The summed E-state index contributed by atoms with van der Waals surface area (Å²) >= 11 is 0. The molecule has 0 unspecified atom stereocenters. The number of aromatic nitrogens is 2. The SMILES string of the molecule is Cn1c(=O)c2c(n(C)c1=O)=NC(=NCc1ccco1)N=2. The zero-order chi connectivity index (χ0) is 14.3. The van der Waals surface area contributed by atoms with Crippen molar-refractivity contribution >= 4 is 5.96 Å². The first kappa shape index (κ1) is 12.3. The smallest absolute Gasteiger partial charge is 0.332 e. The summed E-state index contributed by atoms with van der Waals surface area (Å²) in [5.41, 5.74) is -0.689. The second kappa shape index (κ2) is 4.41. The summed E-state index contributed by atoms with van der Waals surface area (Å²) in [6.07, 6.45) is 1.55. The van der Waals surface area contributed by atoms with Crippen LogP contribution in [0.25, 0.3) is 0 Å². The van der Waals surface area contributed by atoms with Gasteiger partial charge in [-0.25, -0.2) is 14.8 Å². The maximum absolute atomic E-state index is 11.9. The van der Waals surface area contributed by atoms with Crippen molar-refractivity contribution in [3.8, 4) is 0 Å². The molecule has 8 nitrogen and oxygen atoms in total. The van der Waals surface area contributed by atoms with Gasteiger partial charge in [-0.15, -0.1) is 0 Å². The van der Waals surface area contributed by atoms with Crippen molar-refractivity contribution < 1.29 is 4.42 Å². The Hall–Kier alpha value is -2.77. The largest absolute Gasteiger partial charge is 0.467 e. The van der Waals surface area contributed by atoms with Gasteiger partial charge in [0, 0.05) is 14.1 Å². The molecule has 2 aromatic rings. The minimum Gasteiger partial charge on any atom is -0.467 e. The molecule has 1 aliphatic rings. The Kier molecular flexibility index (Phi) is 2.70. The van der Waals surface area contributed by atoms with Crippen molar-refractivity contribution in [2.24, 2.45) is 29.1 Å². The second-order valence-electron chi connectivity index (χ2n) is 4.30. The number of guanidine groups is 1. The van der Waals surface area contributed by atoms with Crippen LogP contribution < -0.4 is 22.1 Å². The van der Waals surface area contributed by atoms with E-state index in [4.69, 9.17) is 4.42 Å². The van der Waals surface area contributed by atoms with Crippen molar-refractivity contribution in [1.29, 1.82) is 0 Å². The highest BCUT2D eigenvalue weighted by molar-refractivity contribution is 5.82. The average molecular weight is 273 g/mol. The molecule has 2 aromatic heterocycles. The van der Waals surface area contributed by atoms with Crippen LogP contribution in [0.1, 0.15) is 5.76 Å². The molecule has 0 radical (unpaired) electrons. The van der Waals surface area contributed by atoms with Gasteiger partial charge < -0.3 is 4.42 Å². The van der Waals surface area contributed by atoms with E-state index in [1.807, 2.05) is 0 Å². The molecular weight excluding hydrogens is 262 g/mol.